The maximum Gasteiger partial charge on any atom is 0.293 e. The number of nitrogens with zero attached hydrogens (tertiary/aromatic N) is 3. The van der Waals surface area contributed by atoms with Gasteiger partial charge >= 0.3 is 0 Å². The number of hydrogen-bond donors (Lipinski definition) is 2. The Balaban J connectivity index is 1.38. The van der Waals surface area contributed by atoms with E-state index in [1.165, 1.54) is 18.6 Å². The third-order valence-electron chi connectivity index (χ3n) is 5.85. The number of amides is 2. The molecule has 1 aliphatic heterocycles. The second kappa shape index (κ2) is 10.2. The Morgan fingerprint density at radius 3 is 2.62 bits per heavy atom. The molecule has 1 aliphatic rings. The molecule has 1 fully saturated rings. The van der Waals surface area contributed by atoms with Crippen LogP contribution in [-0.4, -0.2) is 45.8 Å². The number of carbonyl (C=O) groups is 2. The summed E-state index contributed by atoms with van der Waals surface area (Å²) in [6.07, 6.45) is 5.72. The lowest BCUT2D eigenvalue weighted by Gasteiger charge is -2.32. The lowest BCUT2D eigenvalue weighted by atomic mass is 10.0. The number of benzene rings is 1. The molecule has 1 saturated heterocycles. The molecule has 10 heteroatoms. The van der Waals surface area contributed by atoms with Crippen molar-refractivity contribution in [2.24, 2.45) is 0 Å². The third-order valence-corrected chi connectivity index (χ3v) is 5.85. The first kappa shape index (κ1) is 23.0. The van der Waals surface area contributed by atoms with Gasteiger partial charge < -0.3 is 20.0 Å². The molecule has 3 heterocycles. The average molecular weight is 463 g/mol. The summed E-state index contributed by atoms with van der Waals surface area (Å²) in [6, 6.07) is 11.1. The lowest BCUT2D eigenvalue weighted by molar-refractivity contribution is -0.384. The maximum atomic E-state index is 12.8. The predicted molar refractivity (Wildman–Crippen MR) is 124 cm³/mol. The van der Waals surface area contributed by atoms with E-state index in [1.54, 1.807) is 35.4 Å². The molecule has 2 N–H and O–H groups in total. The number of furan rings is 1. The molecule has 176 valence electrons. The van der Waals surface area contributed by atoms with Crippen molar-refractivity contribution in [3.63, 3.8) is 0 Å². The van der Waals surface area contributed by atoms with Gasteiger partial charge in [-0.05, 0) is 50.1 Å². The van der Waals surface area contributed by atoms with Crippen LogP contribution in [0.1, 0.15) is 52.2 Å². The number of likely N-dealkylation sites (tertiary alicyclic amines) is 1. The molecule has 1 atom stereocenters. The maximum absolute atomic E-state index is 12.8. The van der Waals surface area contributed by atoms with Crippen molar-refractivity contribution in [3.05, 3.63) is 88.1 Å². The second-order valence-electron chi connectivity index (χ2n) is 8.16. The molecule has 34 heavy (non-hydrogen) atoms. The fourth-order valence-electron chi connectivity index (χ4n) is 3.95. The van der Waals surface area contributed by atoms with Gasteiger partial charge in [0.25, 0.3) is 17.5 Å². The molecule has 3 aromatic rings. The summed E-state index contributed by atoms with van der Waals surface area (Å²) in [6.45, 7) is 2.86. The number of pyridine rings is 1. The van der Waals surface area contributed by atoms with Crippen LogP contribution in [0.3, 0.4) is 0 Å². The summed E-state index contributed by atoms with van der Waals surface area (Å²) in [7, 11) is 0. The highest BCUT2D eigenvalue weighted by atomic mass is 16.6. The molecule has 10 nitrogen and oxygen atoms in total. The first-order valence-corrected chi connectivity index (χ1v) is 11.0. The van der Waals surface area contributed by atoms with Crippen molar-refractivity contribution in [1.29, 1.82) is 0 Å². The number of nitro groups is 1. The molecule has 0 spiro atoms. The Hall–Kier alpha value is -4.21. The number of nitrogens with one attached hydrogen (secondary N) is 2. The van der Waals surface area contributed by atoms with Crippen LogP contribution < -0.4 is 10.6 Å². The van der Waals surface area contributed by atoms with Gasteiger partial charge in [-0.25, -0.2) is 0 Å². The zero-order chi connectivity index (χ0) is 24.1. The van der Waals surface area contributed by atoms with Crippen molar-refractivity contribution in [2.45, 2.75) is 31.8 Å². The number of hydrogen-bond acceptors (Lipinski definition) is 7. The summed E-state index contributed by atoms with van der Waals surface area (Å²) >= 11 is 0. The van der Waals surface area contributed by atoms with Gasteiger partial charge in [0.1, 0.15) is 12.0 Å². The monoisotopic (exact) mass is 463 g/mol. The molecule has 0 saturated carbocycles. The van der Waals surface area contributed by atoms with Gasteiger partial charge in [-0.15, -0.1) is 0 Å². The Kier molecular flexibility index (Phi) is 6.86. The van der Waals surface area contributed by atoms with Crippen molar-refractivity contribution in [2.75, 3.05) is 18.4 Å². The summed E-state index contributed by atoms with van der Waals surface area (Å²) in [5.74, 6) is -0.482. The van der Waals surface area contributed by atoms with Crippen LogP contribution in [0.15, 0.2) is 65.6 Å². The first-order chi connectivity index (χ1) is 16.4. The van der Waals surface area contributed by atoms with Gasteiger partial charge in [0.15, 0.2) is 0 Å². The smallest absolute Gasteiger partial charge is 0.293 e. The number of carbonyl (C=O) groups excluding carboxylic acids is 2. The Morgan fingerprint density at radius 1 is 1.18 bits per heavy atom. The minimum absolute atomic E-state index is 0.0998. The van der Waals surface area contributed by atoms with E-state index >= 15 is 0 Å². The van der Waals surface area contributed by atoms with Gasteiger partial charge in [0.2, 0.25) is 0 Å². The topological polar surface area (TPSA) is 131 Å². The fourth-order valence-corrected chi connectivity index (χ4v) is 3.95. The summed E-state index contributed by atoms with van der Waals surface area (Å²) in [5.41, 5.74) is 1.58. The van der Waals surface area contributed by atoms with Gasteiger partial charge in [-0.1, -0.05) is 6.07 Å². The summed E-state index contributed by atoms with van der Waals surface area (Å²) < 4.78 is 4.97. The minimum Gasteiger partial charge on any atom is -0.472 e. The van der Waals surface area contributed by atoms with E-state index in [9.17, 15) is 19.7 Å². The van der Waals surface area contributed by atoms with Crippen LogP contribution in [0.4, 0.5) is 11.4 Å². The van der Waals surface area contributed by atoms with Crippen molar-refractivity contribution < 1.29 is 18.9 Å². The highest BCUT2D eigenvalue weighted by Gasteiger charge is 2.26. The zero-order valence-electron chi connectivity index (χ0n) is 18.6. The van der Waals surface area contributed by atoms with Crippen LogP contribution >= 0.6 is 0 Å². The highest BCUT2D eigenvalue weighted by molar-refractivity contribution is 5.96. The van der Waals surface area contributed by atoms with Gasteiger partial charge in [-0.3, -0.25) is 24.7 Å². The zero-order valence-corrected chi connectivity index (χ0v) is 18.6. The molecular weight excluding hydrogens is 438 g/mol. The quantitative estimate of drug-likeness (QED) is 0.403. The van der Waals surface area contributed by atoms with Crippen molar-refractivity contribution in [3.8, 4) is 0 Å². The van der Waals surface area contributed by atoms with Crippen LogP contribution in [-0.2, 0) is 0 Å². The predicted octanol–water partition coefficient (Wildman–Crippen LogP) is 3.79. The second-order valence-corrected chi connectivity index (χ2v) is 8.16. The van der Waals surface area contributed by atoms with Crippen LogP contribution in [0, 0.1) is 10.1 Å². The molecule has 0 bridgehead atoms. The van der Waals surface area contributed by atoms with E-state index in [0.717, 1.165) is 5.69 Å². The van der Waals surface area contributed by atoms with E-state index in [4.69, 9.17) is 4.42 Å². The van der Waals surface area contributed by atoms with E-state index in [1.807, 2.05) is 19.1 Å². The van der Waals surface area contributed by atoms with Crippen LogP contribution in [0.2, 0.25) is 0 Å². The number of piperidine rings is 1. The van der Waals surface area contributed by atoms with Crippen molar-refractivity contribution in [1.82, 2.24) is 15.2 Å². The molecule has 2 aromatic heterocycles. The molecular formula is C24H25N5O5. The minimum atomic E-state index is -0.510. The third kappa shape index (κ3) is 5.22. The Morgan fingerprint density at radius 2 is 1.97 bits per heavy atom. The van der Waals surface area contributed by atoms with E-state index in [-0.39, 0.29) is 35.1 Å². The summed E-state index contributed by atoms with van der Waals surface area (Å²) in [4.78, 5) is 42.4. The SMILES string of the molecule is CC(Nc1ccc(C(=O)NC2CCN(C(=O)c3ccoc3)CC2)cc1[N+](=O)[O-])c1ccccn1. The Labute approximate surface area is 196 Å². The highest BCUT2D eigenvalue weighted by Crippen LogP contribution is 2.29. The molecule has 0 aliphatic carbocycles. The molecule has 2 amide bonds. The van der Waals surface area contributed by atoms with E-state index < -0.39 is 4.92 Å². The molecule has 1 unspecified atom stereocenters. The number of rotatable bonds is 7. The largest absolute Gasteiger partial charge is 0.472 e. The fraction of sp³-hybridized carbons (Fsp3) is 0.292. The standard InChI is InChI=1S/C24H25N5O5/c1-16(20-4-2-3-10-25-20)26-21-6-5-17(14-22(21)29(32)33)23(30)27-19-7-11-28(12-8-19)24(31)18-9-13-34-15-18/h2-6,9-10,13-16,19,26H,7-8,11-12H2,1H3,(H,27,30). The van der Waals surface area contributed by atoms with Crippen LogP contribution in [0.5, 0.6) is 0 Å². The number of aromatic nitrogens is 1. The van der Waals surface area contributed by atoms with E-state index in [2.05, 4.69) is 15.6 Å². The molecule has 1 aromatic carbocycles. The number of nitro benzene ring substituents is 1. The summed E-state index contributed by atoms with van der Waals surface area (Å²) in [5, 5.41) is 17.7. The molecule has 0 radical (unpaired) electrons. The van der Waals surface area contributed by atoms with Crippen LogP contribution in [0.25, 0.3) is 0 Å². The lowest BCUT2D eigenvalue weighted by Crippen LogP contribution is -2.46. The average Bonchev–Trinajstić information content (AvgIpc) is 3.40. The van der Waals surface area contributed by atoms with E-state index in [0.29, 0.717) is 37.2 Å². The molecule has 4 rings (SSSR count). The van der Waals surface area contributed by atoms with Gasteiger partial charge in [0, 0.05) is 37.0 Å². The van der Waals surface area contributed by atoms with Crippen molar-refractivity contribution >= 4 is 23.2 Å². The Bertz CT molecular complexity index is 1160. The first-order valence-electron chi connectivity index (χ1n) is 11.0. The van der Waals surface area contributed by atoms with Gasteiger partial charge in [-0.2, -0.15) is 0 Å². The normalized spacial score (nSPS) is 14.9. The van der Waals surface area contributed by atoms with Gasteiger partial charge in [0.05, 0.1) is 28.5 Å². The number of anilines is 1.